The monoisotopic (exact) mass is 175 g/mol. The lowest BCUT2D eigenvalue weighted by Crippen LogP contribution is -1.87. The number of halogens is 1. The number of carbonyl (C=O) groups excluding carboxylic acids is 1. The fourth-order valence-electron chi connectivity index (χ4n) is 0.941. The first-order valence-corrected chi connectivity index (χ1v) is 3.60. The summed E-state index contributed by atoms with van der Waals surface area (Å²) < 4.78 is 12.9. The molecule has 13 heavy (non-hydrogen) atoms. The van der Waals surface area contributed by atoms with Crippen molar-refractivity contribution in [2.24, 2.45) is 0 Å². The number of nitrogens with zero attached hydrogens (tertiary/aromatic N) is 1. The second-order valence-electron chi connectivity index (χ2n) is 2.31. The molecule has 0 aliphatic heterocycles. The van der Waals surface area contributed by atoms with Gasteiger partial charge in [0.05, 0.1) is 5.56 Å². The van der Waals surface area contributed by atoms with E-state index in [-0.39, 0.29) is 5.56 Å². The van der Waals surface area contributed by atoms with Crippen molar-refractivity contribution in [1.82, 2.24) is 0 Å². The molecule has 0 unspecified atom stereocenters. The van der Waals surface area contributed by atoms with Gasteiger partial charge in [0.15, 0.2) is 0 Å². The summed E-state index contributed by atoms with van der Waals surface area (Å²) in [6.45, 7) is 0. The van der Waals surface area contributed by atoms with Crippen molar-refractivity contribution in [2.75, 3.05) is 0 Å². The summed E-state index contributed by atoms with van der Waals surface area (Å²) in [7, 11) is 0. The van der Waals surface area contributed by atoms with Crippen LogP contribution in [0, 0.1) is 17.1 Å². The highest BCUT2D eigenvalue weighted by atomic mass is 19.1. The Balaban J connectivity index is 3.22. The van der Waals surface area contributed by atoms with Gasteiger partial charge in [-0.3, -0.25) is 4.79 Å². The van der Waals surface area contributed by atoms with Gasteiger partial charge in [-0.1, -0.05) is 18.2 Å². The summed E-state index contributed by atoms with van der Waals surface area (Å²) >= 11 is 0. The van der Waals surface area contributed by atoms with Gasteiger partial charge in [-0.15, -0.1) is 0 Å². The zero-order valence-electron chi connectivity index (χ0n) is 6.70. The average molecular weight is 175 g/mol. The molecule has 0 heterocycles. The Morgan fingerprint density at radius 3 is 2.85 bits per heavy atom. The molecular weight excluding hydrogens is 169 g/mol. The smallest absolute Gasteiger partial charge is 0.142 e. The van der Waals surface area contributed by atoms with Gasteiger partial charge in [-0.25, -0.2) is 4.39 Å². The van der Waals surface area contributed by atoms with Crippen LogP contribution in [-0.4, -0.2) is 6.29 Å². The summed E-state index contributed by atoms with van der Waals surface area (Å²) in [4.78, 5) is 10.00. The molecular formula is C10H6FNO. The molecule has 0 amide bonds. The number of hydrogen-bond donors (Lipinski definition) is 0. The Morgan fingerprint density at radius 2 is 2.23 bits per heavy atom. The maximum Gasteiger partial charge on any atom is 0.142 e. The van der Waals surface area contributed by atoms with E-state index in [1.165, 1.54) is 24.3 Å². The molecule has 0 aliphatic carbocycles. The summed E-state index contributed by atoms with van der Waals surface area (Å²) in [6.07, 6.45) is 3.19. The maximum atomic E-state index is 12.9. The van der Waals surface area contributed by atoms with Crippen molar-refractivity contribution in [3.05, 3.63) is 41.2 Å². The van der Waals surface area contributed by atoms with Gasteiger partial charge in [0.2, 0.25) is 0 Å². The van der Waals surface area contributed by atoms with Gasteiger partial charge in [0.25, 0.3) is 0 Å². The minimum Gasteiger partial charge on any atom is -0.299 e. The molecule has 0 spiro atoms. The van der Waals surface area contributed by atoms with E-state index >= 15 is 0 Å². The predicted octanol–water partition coefficient (Wildman–Crippen LogP) is 1.91. The molecule has 1 aromatic rings. The highest BCUT2D eigenvalue weighted by molar-refractivity contribution is 5.75. The van der Waals surface area contributed by atoms with Gasteiger partial charge in [-0.2, -0.15) is 5.26 Å². The molecule has 0 aliphatic rings. The third-order valence-electron chi connectivity index (χ3n) is 1.51. The number of benzene rings is 1. The Morgan fingerprint density at radius 1 is 1.46 bits per heavy atom. The van der Waals surface area contributed by atoms with E-state index in [0.29, 0.717) is 11.8 Å². The van der Waals surface area contributed by atoms with E-state index in [1.54, 1.807) is 12.1 Å². The molecule has 0 fully saturated rings. The Hall–Kier alpha value is -1.95. The first-order chi connectivity index (χ1) is 6.29. The highest BCUT2D eigenvalue weighted by Crippen LogP contribution is 2.13. The van der Waals surface area contributed by atoms with E-state index < -0.39 is 5.82 Å². The molecule has 1 aromatic carbocycles. The van der Waals surface area contributed by atoms with Crippen molar-refractivity contribution < 1.29 is 9.18 Å². The predicted molar refractivity (Wildman–Crippen MR) is 46.2 cm³/mol. The van der Waals surface area contributed by atoms with Crippen molar-refractivity contribution in [3.8, 4) is 6.07 Å². The fraction of sp³-hybridized carbons (Fsp3) is 0. The minimum absolute atomic E-state index is 0.0411. The second-order valence-corrected chi connectivity index (χ2v) is 2.31. The molecule has 0 saturated heterocycles. The zero-order valence-corrected chi connectivity index (χ0v) is 6.70. The number of rotatable bonds is 2. The van der Waals surface area contributed by atoms with E-state index in [1.807, 2.05) is 0 Å². The zero-order chi connectivity index (χ0) is 9.68. The summed E-state index contributed by atoms with van der Waals surface area (Å²) in [5, 5.41) is 8.59. The largest absolute Gasteiger partial charge is 0.299 e. The third kappa shape index (κ3) is 2.00. The molecule has 0 aromatic heterocycles. The SMILES string of the molecule is N#Cc1c(F)cccc1C=CC=O. The van der Waals surface area contributed by atoms with Crippen molar-refractivity contribution in [2.45, 2.75) is 0 Å². The molecule has 0 saturated carbocycles. The summed E-state index contributed by atoms with van der Waals surface area (Å²) in [5.74, 6) is -0.574. The number of aldehydes is 1. The molecule has 64 valence electrons. The standard InChI is InChI=1S/C10H6FNO/c11-10-5-1-3-8(4-2-6-13)9(10)7-12/h1-6H. The summed E-state index contributed by atoms with van der Waals surface area (Å²) in [6, 6.07) is 5.99. The van der Waals surface area contributed by atoms with E-state index in [2.05, 4.69) is 0 Å². The number of carbonyl (C=O) groups is 1. The van der Waals surface area contributed by atoms with Crippen LogP contribution in [-0.2, 0) is 4.79 Å². The molecule has 0 N–H and O–H groups in total. The molecule has 0 radical (unpaired) electrons. The van der Waals surface area contributed by atoms with Gasteiger partial charge < -0.3 is 0 Å². The van der Waals surface area contributed by atoms with Crippen LogP contribution in [0.25, 0.3) is 6.08 Å². The Bertz CT molecular complexity index is 390. The average Bonchev–Trinajstić information content (AvgIpc) is 2.15. The highest BCUT2D eigenvalue weighted by Gasteiger charge is 2.03. The Kier molecular flexibility index (Phi) is 2.93. The van der Waals surface area contributed by atoms with Crippen LogP contribution in [0.2, 0.25) is 0 Å². The fourth-order valence-corrected chi connectivity index (χ4v) is 0.941. The lowest BCUT2D eigenvalue weighted by molar-refractivity contribution is -0.104. The number of hydrogen-bond acceptors (Lipinski definition) is 2. The lowest BCUT2D eigenvalue weighted by atomic mass is 10.1. The minimum atomic E-state index is -0.574. The van der Waals surface area contributed by atoms with Gasteiger partial charge >= 0.3 is 0 Å². The normalized spacial score (nSPS) is 9.85. The van der Waals surface area contributed by atoms with Crippen molar-refractivity contribution in [3.63, 3.8) is 0 Å². The van der Waals surface area contributed by atoms with E-state index in [9.17, 15) is 9.18 Å². The summed E-state index contributed by atoms with van der Waals surface area (Å²) in [5.41, 5.74) is 0.371. The van der Waals surface area contributed by atoms with Gasteiger partial charge in [-0.05, 0) is 17.7 Å². The quantitative estimate of drug-likeness (QED) is 0.508. The third-order valence-corrected chi connectivity index (χ3v) is 1.51. The van der Waals surface area contributed by atoms with Crippen LogP contribution in [0.3, 0.4) is 0 Å². The number of allylic oxidation sites excluding steroid dienone is 1. The molecule has 0 atom stereocenters. The van der Waals surface area contributed by atoms with Crippen molar-refractivity contribution in [1.29, 1.82) is 5.26 Å². The van der Waals surface area contributed by atoms with Gasteiger partial charge in [0, 0.05) is 0 Å². The van der Waals surface area contributed by atoms with Crippen LogP contribution < -0.4 is 0 Å². The second kappa shape index (κ2) is 4.17. The van der Waals surface area contributed by atoms with Crippen LogP contribution in [0.5, 0.6) is 0 Å². The maximum absolute atomic E-state index is 12.9. The van der Waals surface area contributed by atoms with Crippen LogP contribution >= 0.6 is 0 Å². The molecule has 2 nitrogen and oxygen atoms in total. The topological polar surface area (TPSA) is 40.9 Å². The van der Waals surface area contributed by atoms with E-state index in [0.717, 1.165) is 0 Å². The molecule has 0 bridgehead atoms. The van der Waals surface area contributed by atoms with Crippen molar-refractivity contribution >= 4 is 12.4 Å². The molecule has 3 heteroatoms. The van der Waals surface area contributed by atoms with Crippen LogP contribution in [0.1, 0.15) is 11.1 Å². The van der Waals surface area contributed by atoms with Crippen LogP contribution in [0.4, 0.5) is 4.39 Å². The van der Waals surface area contributed by atoms with Crippen LogP contribution in [0.15, 0.2) is 24.3 Å². The number of nitriles is 1. The first-order valence-electron chi connectivity index (χ1n) is 3.60. The first kappa shape index (κ1) is 9.14. The van der Waals surface area contributed by atoms with Gasteiger partial charge in [0.1, 0.15) is 18.2 Å². The lowest BCUT2D eigenvalue weighted by Gasteiger charge is -1.96. The Labute approximate surface area is 74.9 Å². The van der Waals surface area contributed by atoms with E-state index in [4.69, 9.17) is 5.26 Å². The molecule has 1 rings (SSSR count).